The lowest BCUT2D eigenvalue weighted by molar-refractivity contribution is -0.113. The number of amides is 2. The number of aromatic nitrogens is 2. The molecule has 2 N–H and O–H groups in total. The molecule has 0 spiro atoms. The quantitative estimate of drug-likeness (QED) is 0.242. The summed E-state index contributed by atoms with van der Waals surface area (Å²) in [4.78, 5) is 36.7. The summed E-state index contributed by atoms with van der Waals surface area (Å²) in [6.45, 7) is 2.02. The minimum absolute atomic E-state index is 0.0859. The molecule has 0 bridgehead atoms. The molecule has 1 aromatic heterocycles. The first kappa shape index (κ1) is 25.0. The van der Waals surface area contributed by atoms with Gasteiger partial charge in [0.25, 0.3) is 5.91 Å². The van der Waals surface area contributed by atoms with Crippen LogP contribution in [0.5, 0.6) is 11.5 Å². The maximum absolute atomic E-state index is 12.7. The number of carbonyl (C=O) groups excluding carboxylic acids is 3. The number of anilines is 2. The summed E-state index contributed by atoms with van der Waals surface area (Å²) in [6, 6.07) is 11.4. The van der Waals surface area contributed by atoms with Crippen molar-refractivity contribution in [2.45, 2.75) is 11.3 Å². The van der Waals surface area contributed by atoms with Crippen molar-refractivity contribution in [2.24, 2.45) is 0 Å². The maximum atomic E-state index is 12.7. The number of benzene rings is 2. The third-order valence-electron chi connectivity index (χ3n) is 4.29. The smallest absolute Gasteiger partial charge is 0.338 e. The van der Waals surface area contributed by atoms with Gasteiger partial charge >= 0.3 is 5.97 Å². The summed E-state index contributed by atoms with van der Waals surface area (Å²) in [6.07, 6.45) is 0. The van der Waals surface area contributed by atoms with E-state index in [0.29, 0.717) is 33.7 Å². The highest BCUT2D eigenvalue weighted by Crippen LogP contribution is 2.31. The SMILES string of the molecule is CCOC(=O)c1ccc(NC(=O)CSc2nnc(NC(=O)c3c(OC)cccc3OC)s2)cc1. The molecule has 3 rings (SSSR count). The number of methoxy groups -OCH3 is 2. The summed E-state index contributed by atoms with van der Waals surface area (Å²) in [5, 5.41) is 13.6. The molecule has 0 saturated heterocycles. The lowest BCUT2D eigenvalue weighted by Gasteiger charge is -2.11. The van der Waals surface area contributed by atoms with Gasteiger partial charge in [0.15, 0.2) is 4.34 Å². The summed E-state index contributed by atoms with van der Waals surface area (Å²) in [5.74, 6) is -0.313. The van der Waals surface area contributed by atoms with Gasteiger partial charge in [0.2, 0.25) is 11.0 Å². The van der Waals surface area contributed by atoms with Crippen LogP contribution in [0.25, 0.3) is 0 Å². The highest BCUT2D eigenvalue weighted by atomic mass is 32.2. The number of hydrogen-bond donors (Lipinski definition) is 2. The van der Waals surface area contributed by atoms with E-state index in [4.69, 9.17) is 14.2 Å². The average molecular weight is 503 g/mol. The molecule has 2 amide bonds. The Kier molecular flexibility index (Phi) is 8.82. The van der Waals surface area contributed by atoms with Gasteiger partial charge in [-0.05, 0) is 43.3 Å². The van der Waals surface area contributed by atoms with E-state index in [2.05, 4.69) is 20.8 Å². The normalized spacial score (nSPS) is 10.3. The molecule has 178 valence electrons. The second-order valence-corrected chi connectivity index (χ2v) is 8.70. The standard InChI is InChI=1S/C22H22N4O6S2/c1-4-32-20(29)13-8-10-14(11-9-13)23-17(27)12-33-22-26-25-21(34-22)24-19(28)18-15(30-2)6-5-7-16(18)31-3/h5-11H,4,12H2,1-3H3,(H,23,27)(H,24,25,28). The summed E-state index contributed by atoms with van der Waals surface area (Å²) >= 11 is 2.32. The van der Waals surface area contributed by atoms with Gasteiger partial charge < -0.3 is 19.5 Å². The van der Waals surface area contributed by atoms with E-state index in [9.17, 15) is 14.4 Å². The van der Waals surface area contributed by atoms with Gasteiger partial charge in [-0.25, -0.2) is 4.79 Å². The molecule has 0 fully saturated rings. The van der Waals surface area contributed by atoms with Crippen LogP contribution in [0, 0.1) is 0 Å². The van der Waals surface area contributed by atoms with Gasteiger partial charge in [0, 0.05) is 5.69 Å². The van der Waals surface area contributed by atoms with E-state index in [0.717, 1.165) is 11.3 Å². The number of hydrogen-bond acceptors (Lipinski definition) is 10. The third kappa shape index (κ3) is 6.45. The molecule has 0 unspecified atom stereocenters. The number of ether oxygens (including phenoxy) is 3. The second-order valence-electron chi connectivity index (χ2n) is 6.50. The van der Waals surface area contributed by atoms with Crippen molar-refractivity contribution in [1.82, 2.24) is 10.2 Å². The third-order valence-corrected chi connectivity index (χ3v) is 6.26. The lowest BCUT2D eigenvalue weighted by Crippen LogP contribution is -2.14. The Morgan fingerprint density at radius 3 is 2.26 bits per heavy atom. The highest BCUT2D eigenvalue weighted by molar-refractivity contribution is 8.01. The fourth-order valence-corrected chi connectivity index (χ4v) is 4.33. The molecule has 0 atom stereocenters. The number of nitrogens with zero attached hydrogens (tertiary/aromatic N) is 2. The fraction of sp³-hybridized carbons (Fsp3) is 0.227. The number of esters is 1. The van der Waals surface area contributed by atoms with Crippen LogP contribution in [0.15, 0.2) is 46.8 Å². The van der Waals surface area contributed by atoms with Crippen LogP contribution >= 0.6 is 23.1 Å². The molecule has 12 heteroatoms. The molecule has 0 radical (unpaired) electrons. The van der Waals surface area contributed by atoms with Crippen molar-refractivity contribution in [3.8, 4) is 11.5 Å². The molecular formula is C22H22N4O6S2. The van der Waals surface area contributed by atoms with Gasteiger partial charge in [-0.2, -0.15) is 0 Å². The van der Waals surface area contributed by atoms with Crippen LogP contribution in [0.4, 0.5) is 10.8 Å². The van der Waals surface area contributed by atoms with E-state index in [1.54, 1.807) is 49.4 Å². The van der Waals surface area contributed by atoms with Gasteiger partial charge in [0.05, 0.1) is 32.1 Å². The Bertz CT molecular complexity index is 1140. The molecule has 10 nitrogen and oxygen atoms in total. The first-order valence-corrected chi connectivity index (χ1v) is 11.8. The number of rotatable bonds is 10. The van der Waals surface area contributed by atoms with Crippen molar-refractivity contribution in [1.29, 1.82) is 0 Å². The maximum Gasteiger partial charge on any atom is 0.338 e. The number of nitrogens with one attached hydrogen (secondary N) is 2. The van der Waals surface area contributed by atoms with Crippen LogP contribution in [0.2, 0.25) is 0 Å². The summed E-state index contributed by atoms with van der Waals surface area (Å²) in [5.41, 5.74) is 1.20. The minimum atomic E-state index is -0.453. The zero-order chi connectivity index (χ0) is 24.5. The molecule has 34 heavy (non-hydrogen) atoms. The first-order valence-electron chi connectivity index (χ1n) is 10.0. The first-order chi connectivity index (χ1) is 16.4. The van der Waals surface area contributed by atoms with E-state index in [-0.39, 0.29) is 22.4 Å². The predicted molar refractivity (Wildman–Crippen MR) is 129 cm³/mol. The monoisotopic (exact) mass is 502 g/mol. The summed E-state index contributed by atoms with van der Waals surface area (Å²) in [7, 11) is 2.93. The van der Waals surface area contributed by atoms with Crippen molar-refractivity contribution in [3.63, 3.8) is 0 Å². The van der Waals surface area contributed by atoms with Crippen molar-refractivity contribution in [2.75, 3.05) is 37.2 Å². The minimum Gasteiger partial charge on any atom is -0.496 e. The zero-order valence-corrected chi connectivity index (χ0v) is 20.2. The molecule has 0 aliphatic heterocycles. The molecule has 2 aromatic carbocycles. The largest absolute Gasteiger partial charge is 0.496 e. The van der Waals surface area contributed by atoms with Crippen LogP contribution in [-0.4, -0.2) is 54.6 Å². The van der Waals surface area contributed by atoms with Crippen LogP contribution < -0.4 is 20.1 Å². The molecule has 0 aliphatic rings. The average Bonchev–Trinajstić information content (AvgIpc) is 3.29. The molecule has 0 saturated carbocycles. The van der Waals surface area contributed by atoms with Crippen molar-refractivity contribution < 1.29 is 28.6 Å². The fourth-order valence-electron chi connectivity index (χ4n) is 2.78. The molecule has 3 aromatic rings. The zero-order valence-electron chi connectivity index (χ0n) is 18.6. The van der Waals surface area contributed by atoms with Crippen molar-refractivity contribution in [3.05, 3.63) is 53.6 Å². The predicted octanol–water partition coefficient (Wildman–Crippen LogP) is 3.72. The lowest BCUT2D eigenvalue weighted by atomic mass is 10.1. The van der Waals surface area contributed by atoms with Gasteiger partial charge in [-0.3, -0.25) is 14.9 Å². The summed E-state index contributed by atoms with van der Waals surface area (Å²) < 4.78 is 15.9. The van der Waals surface area contributed by atoms with E-state index < -0.39 is 11.9 Å². The number of thioether (sulfide) groups is 1. The van der Waals surface area contributed by atoms with Gasteiger partial charge in [-0.1, -0.05) is 29.2 Å². The molecule has 0 aliphatic carbocycles. The van der Waals surface area contributed by atoms with Crippen LogP contribution in [0.1, 0.15) is 27.6 Å². The Balaban J connectivity index is 1.54. The molecular weight excluding hydrogens is 480 g/mol. The van der Waals surface area contributed by atoms with Crippen molar-refractivity contribution >= 4 is 51.7 Å². The highest BCUT2D eigenvalue weighted by Gasteiger charge is 2.20. The number of carbonyl (C=O) groups is 3. The van der Waals surface area contributed by atoms with Crippen LogP contribution in [-0.2, 0) is 9.53 Å². The topological polar surface area (TPSA) is 129 Å². The van der Waals surface area contributed by atoms with Gasteiger partial charge in [0.1, 0.15) is 17.1 Å². The Morgan fingerprint density at radius 2 is 1.65 bits per heavy atom. The van der Waals surface area contributed by atoms with Crippen LogP contribution in [0.3, 0.4) is 0 Å². The van der Waals surface area contributed by atoms with E-state index in [1.807, 2.05) is 0 Å². The Hall–Kier alpha value is -3.64. The van der Waals surface area contributed by atoms with Gasteiger partial charge in [-0.15, -0.1) is 10.2 Å². The second kappa shape index (κ2) is 12.0. The Labute approximate surface area is 204 Å². The van der Waals surface area contributed by atoms with E-state index >= 15 is 0 Å². The van der Waals surface area contributed by atoms with E-state index in [1.165, 1.54) is 26.0 Å². The Morgan fingerprint density at radius 1 is 0.971 bits per heavy atom. The molecule has 1 heterocycles.